The van der Waals surface area contributed by atoms with Crippen LogP contribution in [0.25, 0.3) is 0 Å². The molecule has 124 valence electrons. The third kappa shape index (κ3) is 2.58. The molecule has 0 aromatic heterocycles. The average Bonchev–Trinajstić information content (AvgIpc) is 3.03. The number of benzene rings is 1. The molecule has 0 radical (unpaired) electrons. The van der Waals surface area contributed by atoms with Crippen LogP contribution in [0, 0.1) is 11.3 Å². The molecule has 1 atom stereocenters. The van der Waals surface area contributed by atoms with Crippen LogP contribution in [0.15, 0.2) is 23.1 Å². The van der Waals surface area contributed by atoms with E-state index >= 15 is 0 Å². The van der Waals surface area contributed by atoms with Crippen molar-refractivity contribution < 1.29 is 13.2 Å². The number of carbonyl (C=O) groups excluding carboxylic acids is 1. The number of nitrogens with one attached hydrogen (secondary N) is 1. The molecule has 4 rings (SSSR count). The first kappa shape index (κ1) is 15.1. The van der Waals surface area contributed by atoms with E-state index in [0.29, 0.717) is 28.5 Å². The van der Waals surface area contributed by atoms with Crippen molar-refractivity contribution in [3.8, 4) is 0 Å². The summed E-state index contributed by atoms with van der Waals surface area (Å²) in [5, 5.41) is 2.90. The molecule has 2 fully saturated rings. The number of hydrogen-bond donors (Lipinski definition) is 2. The summed E-state index contributed by atoms with van der Waals surface area (Å²) in [5.74, 6) is 0.188. The molecule has 0 bridgehead atoms. The molecule has 1 heterocycles. The molecule has 3 N–H and O–H groups in total. The smallest absolute Gasteiger partial charge is 0.227 e. The van der Waals surface area contributed by atoms with Gasteiger partial charge < -0.3 is 11.1 Å². The van der Waals surface area contributed by atoms with E-state index in [1.807, 2.05) is 6.07 Å². The first-order chi connectivity index (χ1) is 10.9. The second-order valence-corrected chi connectivity index (χ2v) is 9.41. The van der Waals surface area contributed by atoms with Crippen molar-refractivity contribution in [1.82, 2.24) is 0 Å². The standard InChI is InChI=1S/C17H22N2O3S/c18-15-10-17(15)6-3-12(4-7-17)16(20)19-13-2-1-11-5-8-23(21,22)14(11)9-13/h1-2,9,12,15H,3-8,10,18H2,(H,19,20). The molecule has 6 heteroatoms. The van der Waals surface area contributed by atoms with E-state index in [0.717, 1.165) is 37.7 Å². The number of anilines is 1. The van der Waals surface area contributed by atoms with Crippen LogP contribution >= 0.6 is 0 Å². The highest BCUT2D eigenvalue weighted by Gasteiger charge is 2.53. The number of amides is 1. The van der Waals surface area contributed by atoms with Gasteiger partial charge in [-0.3, -0.25) is 4.79 Å². The number of rotatable bonds is 2. The third-order valence-corrected chi connectivity index (χ3v) is 7.71. The second-order valence-electron chi connectivity index (χ2n) is 7.33. The van der Waals surface area contributed by atoms with Crippen LogP contribution < -0.4 is 11.1 Å². The van der Waals surface area contributed by atoms with Gasteiger partial charge in [-0.25, -0.2) is 8.42 Å². The van der Waals surface area contributed by atoms with E-state index < -0.39 is 9.84 Å². The molecule has 0 saturated heterocycles. The average molecular weight is 334 g/mol. The molecule has 1 spiro atoms. The lowest BCUT2D eigenvalue weighted by molar-refractivity contribution is -0.121. The summed E-state index contributed by atoms with van der Waals surface area (Å²) in [6.07, 6.45) is 5.49. The fraction of sp³-hybridized carbons (Fsp3) is 0.588. The first-order valence-corrected chi connectivity index (χ1v) is 9.97. The Morgan fingerprint density at radius 1 is 1.26 bits per heavy atom. The molecule has 5 nitrogen and oxygen atoms in total. The Bertz CT molecular complexity index is 764. The van der Waals surface area contributed by atoms with Crippen molar-refractivity contribution in [2.75, 3.05) is 11.1 Å². The van der Waals surface area contributed by atoms with Gasteiger partial charge in [0.05, 0.1) is 10.6 Å². The van der Waals surface area contributed by atoms with E-state index in [-0.39, 0.29) is 17.6 Å². The Morgan fingerprint density at radius 2 is 1.96 bits per heavy atom. The Morgan fingerprint density at radius 3 is 2.61 bits per heavy atom. The van der Waals surface area contributed by atoms with Crippen LogP contribution in [-0.2, 0) is 21.1 Å². The van der Waals surface area contributed by atoms with Crippen molar-refractivity contribution in [2.45, 2.75) is 49.5 Å². The highest BCUT2D eigenvalue weighted by atomic mass is 32.2. The quantitative estimate of drug-likeness (QED) is 0.864. The van der Waals surface area contributed by atoms with Gasteiger partial charge in [-0.1, -0.05) is 6.07 Å². The summed E-state index contributed by atoms with van der Waals surface area (Å²) < 4.78 is 24.0. The van der Waals surface area contributed by atoms with Gasteiger partial charge in [0.25, 0.3) is 0 Å². The monoisotopic (exact) mass is 334 g/mol. The van der Waals surface area contributed by atoms with E-state index in [9.17, 15) is 13.2 Å². The maximum absolute atomic E-state index is 12.5. The molecule has 1 aliphatic heterocycles. The Hall–Kier alpha value is -1.40. The molecule has 1 aromatic rings. The maximum atomic E-state index is 12.5. The minimum absolute atomic E-state index is 0.00409. The number of aryl methyl sites for hydroxylation is 1. The highest BCUT2D eigenvalue weighted by molar-refractivity contribution is 7.91. The molecular weight excluding hydrogens is 312 g/mol. The zero-order valence-corrected chi connectivity index (χ0v) is 13.9. The molecule has 23 heavy (non-hydrogen) atoms. The molecule has 1 amide bonds. The SMILES string of the molecule is NC1CC12CCC(C(=O)Nc1ccc3c(c1)S(=O)(=O)CC3)CC2. The fourth-order valence-corrected chi connectivity index (χ4v) is 5.72. The molecule has 2 aliphatic carbocycles. The van der Waals surface area contributed by atoms with Crippen LogP contribution in [0.4, 0.5) is 5.69 Å². The van der Waals surface area contributed by atoms with Crippen LogP contribution in [-0.4, -0.2) is 26.1 Å². The summed E-state index contributed by atoms with van der Waals surface area (Å²) in [4.78, 5) is 12.8. The van der Waals surface area contributed by atoms with Crippen molar-refractivity contribution in [3.05, 3.63) is 23.8 Å². The van der Waals surface area contributed by atoms with E-state index in [4.69, 9.17) is 5.73 Å². The topological polar surface area (TPSA) is 89.3 Å². The zero-order chi connectivity index (χ0) is 16.2. The normalized spacial score (nSPS) is 34.1. The van der Waals surface area contributed by atoms with Gasteiger partial charge in [-0.05, 0) is 61.6 Å². The van der Waals surface area contributed by atoms with Gasteiger partial charge in [0.2, 0.25) is 5.91 Å². The van der Waals surface area contributed by atoms with Gasteiger partial charge >= 0.3 is 0 Å². The van der Waals surface area contributed by atoms with Crippen LogP contribution in [0.3, 0.4) is 0 Å². The Kier molecular flexibility index (Phi) is 3.32. The molecular formula is C17H22N2O3S. The fourth-order valence-electron chi connectivity index (χ4n) is 4.14. The minimum atomic E-state index is -3.17. The predicted octanol–water partition coefficient (Wildman–Crippen LogP) is 1.86. The van der Waals surface area contributed by atoms with Gasteiger partial charge in [0, 0.05) is 17.6 Å². The summed E-state index contributed by atoms with van der Waals surface area (Å²) >= 11 is 0. The van der Waals surface area contributed by atoms with Crippen LogP contribution in [0.5, 0.6) is 0 Å². The van der Waals surface area contributed by atoms with Crippen LogP contribution in [0.2, 0.25) is 0 Å². The van der Waals surface area contributed by atoms with Gasteiger partial charge in [0.1, 0.15) is 0 Å². The lowest BCUT2D eigenvalue weighted by Gasteiger charge is -2.28. The summed E-state index contributed by atoms with van der Waals surface area (Å²) in [7, 11) is -3.17. The highest BCUT2D eigenvalue weighted by Crippen LogP contribution is 2.56. The molecule has 2 saturated carbocycles. The van der Waals surface area contributed by atoms with E-state index in [2.05, 4.69) is 5.32 Å². The third-order valence-electron chi connectivity index (χ3n) is 5.91. The van der Waals surface area contributed by atoms with Crippen LogP contribution in [0.1, 0.15) is 37.7 Å². The number of carbonyl (C=O) groups is 1. The lowest BCUT2D eigenvalue weighted by Crippen LogP contribution is -2.29. The number of fused-ring (bicyclic) bond motifs is 1. The van der Waals surface area contributed by atoms with Gasteiger partial charge in [0.15, 0.2) is 9.84 Å². The second kappa shape index (κ2) is 5.05. The summed E-state index contributed by atoms with van der Waals surface area (Å²) in [6.45, 7) is 0. The van der Waals surface area contributed by atoms with Crippen molar-refractivity contribution >= 4 is 21.4 Å². The van der Waals surface area contributed by atoms with Gasteiger partial charge in [-0.15, -0.1) is 0 Å². The maximum Gasteiger partial charge on any atom is 0.227 e. The van der Waals surface area contributed by atoms with E-state index in [1.54, 1.807) is 12.1 Å². The van der Waals surface area contributed by atoms with Crippen molar-refractivity contribution in [3.63, 3.8) is 0 Å². The number of nitrogens with two attached hydrogens (primary N) is 1. The first-order valence-electron chi connectivity index (χ1n) is 8.32. The number of hydrogen-bond acceptors (Lipinski definition) is 4. The lowest BCUT2D eigenvalue weighted by atomic mass is 9.79. The van der Waals surface area contributed by atoms with Crippen molar-refractivity contribution in [1.29, 1.82) is 0 Å². The molecule has 3 aliphatic rings. The summed E-state index contributed by atoms with van der Waals surface area (Å²) in [6, 6.07) is 5.55. The largest absolute Gasteiger partial charge is 0.327 e. The number of sulfone groups is 1. The zero-order valence-electron chi connectivity index (χ0n) is 13.0. The van der Waals surface area contributed by atoms with E-state index in [1.165, 1.54) is 0 Å². The Balaban J connectivity index is 1.44. The van der Waals surface area contributed by atoms with Crippen molar-refractivity contribution in [2.24, 2.45) is 17.1 Å². The van der Waals surface area contributed by atoms with Gasteiger partial charge in [-0.2, -0.15) is 0 Å². The Labute approximate surface area is 136 Å². The predicted molar refractivity (Wildman–Crippen MR) is 87.8 cm³/mol. The minimum Gasteiger partial charge on any atom is -0.327 e. The summed E-state index contributed by atoms with van der Waals surface area (Å²) in [5.41, 5.74) is 7.75. The molecule has 1 unspecified atom stereocenters. The molecule has 1 aromatic carbocycles.